The summed E-state index contributed by atoms with van der Waals surface area (Å²) in [5.41, 5.74) is 2.49. The second-order valence-electron chi connectivity index (χ2n) is 5.01. The van der Waals surface area contributed by atoms with E-state index in [0.717, 1.165) is 16.5 Å². The maximum Gasteiger partial charge on any atom is 0.149 e. The number of aromatic amines is 1. The predicted octanol–water partition coefficient (Wildman–Crippen LogP) is 2.46. The molecule has 0 amide bonds. The number of benzene rings is 1. The molecule has 0 bridgehead atoms. The van der Waals surface area contributed by atoms with Gasteiger partial charge in [0.1, 0.15) is 15.7 Å². The molecule has 2 heterocycles. The molecule has 5 nitrogen and oxygen atoms in total. The molecule has 0 saturated carbocycles. The Morgan fingerprint density at radius 3 is 3.00 bits per heavy atom. The van der Waals surface area contributed by atoms with Crippen LogP contribution in [0.1, 0.15) is 1.43 Å². The van der Waals surface area contributed by atoms with Crippen molar-refractivity contribution in [3.63, 3.8) is 0 Å². The molecule has 0 spiro atoms. The monoisotopic (exact) mass is 309 g/mol. The number of hydrogen-bond acceptors (Lipinski definition) is 3. The van der Waals surface area contributed by atoms with Gasteiger partial charge in [0, 0.05) is 42.1 Å². The number of aromatic nitrogens is 3. The van der Waals surface area contributed by atoms with Gasteiger partial charge < -0.3 is 4.98 Å². The summed E-state index contributed by atoms with van der Waals surface area (Å²) in [4.78, 5) is 3.02. The molecule has 0 aliphatic carbocycles. The van der Waals surface area contributed by atoms with Gasteiger partial charge in [-0.15, -0.1) is 0 Å². The van der Waals surface area contributed by atoms with E-state index in [1.807, 2.05) is 0 Å². The highest BCUT2D eigenvalue weighted by Gasteiger charge is 2.10. The van der Waals surface area contributed by atoms with Gasteiger partial charge >= 0.3 is 0 Å². The van der Waals surface area contributed by atoms with E-state index in [1.54, 1.807) is 29.3 Å². The Balaban J connectivity index is 0.00000176. The molecule has 3 rings (SSSR count). The summed E-state index contributed by atoms with van der Waals surface area (Å²) in [7, 11) is -3.01. The van der Waals surface area contributed by atoms with E-state index in [0.29, 0.717) is 12.1 Å². The number of halogens is 1. The van der Waals surface area contributed by atoms with Crippen LogP contribution in [0.3, 0.4) is 0 Å². The fourth-order valence-corrected chi connectivity index (χ4v) is 2.74. The molecular weight excluding hydrogens is 293 g/mol. The summed E-state index contributed by atoms with van der Waals surface area (Å²) < 4.78 is 37.1. The Morgan fingerprint density at radius 1 is 1.43 bits per heavy atom. The van der Waals surface area contributed by atoms with Crippen molar-refractivity contribution in [3.8, 4) is 11.1 Å². The second-order valence-corrected chi connectivity index (χ2v) is 7.27. The Bertz CT molecular complexity index is 902. The first-order chi connectivity index (χ1) is 9.92. The molecule has 112 valence electrons. The van der Waals surface area contributed by atoms with E-state index in [9.17, 15) is 12.8 Å². The first-order valence-corrected chi connectivity index (χ1v) is 8.46. The van der Waals surface area contributed by atoms with Crippen LogP contribution < -0.4 is 0 Å². The zero-order chi connectivity index (χ0) is 15.0. The summed E-state index contributed by atoms with van der Waals surface area (Å²) in [6.45, 7) is 0.315. The summed E-state index contributed by atoms with van der Waals surface area (Å²) >= 11 is 0. The van der Waals surface area contributed by atoms with Crippen molar-refractivity contribution in [2.45, 2.75) is 6.54 Å². The Hall–Kier alpha value is -2.15. The van der Waals surface area contributed by atoms with E-state index < -0.39 is 9.84 Å². The van der Waals surface area contributed by atoms with Crippen molar-refractivity contribution < 1.29 is 14.2 Å². The van der Waals surface area contributed by atoms with E-state index in [4.69, 9.17) is 0 Å². The van der Waals surface area contributed by atoms with Gasteiger partial charge in [-0.05, 0) is 18.2 Å². The minimum absolute atomic E-state index is 0. The summed E-state index contributed by atoms with van der Waals surface area (Å²) in [6, 6.07) is 4.56. The highest BCUT2D eigenvalue weighted by Crippen LogP contribution is 2.28. The number of sulfone groups is 1. The summed E-state index contributed by atoms with van der Waals surface area (Å²) in [5, 5.41) is 5.07. The van der Waals surface area contributed by atoms with Crippen LogP contribution in [0, 0.1) is 5.82 Å². The Morgan fingerprint density at radius 2 is 2.24 bits per heavy atom. The van der Waals surface area contributed by atoms with Crippen molar-refractivity contribution in [2.75, 3.05) is 12.0 Å². The zero-order valence-corrected chi connectivity index (χ0v) is 12.2. The standard InChI is InChI=1S/C14H14FN3O2S.H2/c1-21(19,20)5-4-18-9-10(7-17-18)13-8-16-14-6-11(15)2-3-12(13)14;/h2-3,6-9,16H,4-5H2,1H3;1H. The Kier molecular flexibility index (Phi) is 3.29. The molecule has 1 N–H and O–H groups in total. The summed E-state index contributed by atoms with van der Waals surface area (Å²) in [5.74, 6) is -0.243. The number of hydrogen-bond donors (Lipinski definition) is 1. The van der Waals surface area contributed by atoms with Gasteiger partial charge in [-0.2, -0.15) is 5.10 Å². The molecule has 0 fully saturated rings. The summed E-state index contributed by atoms with van der Waals surface area (Å²) in [6.07, 6.45) is 6.46. The highest BCUT2D eigenvalue weighted by atomic mass is 32.2. The second kappa shape index (κ2) is 5.00. The van der Waals surface area contributed by atoms with E-state index in [-0.39, 0.29) is 13.0 Å². The molecule has 0 saturated heterocycles. The third kappa shape index (κ3) is 2.97. The third-order valence-corrected chi connectivity index (χ3v) is 4.20. The van der Waals surface area contributed by atoms with Gasteiger partial charge in [0.25, 0.3) is 0 Å². The smallest absolute Gasteiger partial charge is 0.149 e. The van der Waals surface area contributed by atoms with E-state index in [1.165, 1.54) is 18.4 Å². The fraction of sp³-hybridized carbons (Fsp3) is 0.214. The molecule has 0 atom stereocenters. The van der Waals surface area contributed by atoms with Crippen LogP contribution >= 0.6 is 0 Å². The van der Waals surface area contributed by atoms with Crippen molar-refractivity contribution in [2.24, 2.45) is 0 Å². The first kappa shape index (κ1) is 13.8. The van der Waals surface area contributed by atoms with Crippen LogP contribution in [-0.4, -0.2) is 35.2 Å². The number of fused-ring (bicyclic) bond motifs is 1. The molecule has 1 aromatic carbocycles. The van der Waals surface area contributed by atoms with Crippen LogP contribution in [0.25, 0.3) is 22.0 Å². The number of rotatable bonds is 4. The zero-order valence-electron chi connectivity index (χ0n) is 11.4. The first-order valence-electron chi connectivity index (χ1n) is 6.39. The van der Waals surface area contributed by atoms with Gasteiger partial charge in [-0.3, -0.25) is 4.68 Å². The molecule has 0 aliphatic rings. The van der Waals surface area contributed by atoms with Gasteiger partial charge in [0.05, 0.1) is 18.5 Å². The quantitative estimate of drug-likeness (QED) is 0.805. The lowest BCUT2D eigenvalue weighted by Gasteiger charge is -1.99. The van der Waals surface area contributed by atoms with E-state index in [2.05, 4.69) is 10.1 Å². The average molecular weight is 309 g/mol. The normalized spacial score (nSPS) is 12.1. The molecule has 3 aromatic rings. The molecule has 0 radical (unpaired) electrons. The maximum absolute atomic E-state index is 13.2. The van der Waals surface area contributed by atoms with Crippen molar-refractivity contribution in [1.29, 1.82) is 0 Å². The number of H-pyrrole nitrogens is 1. The van der Waals surface area contributed by atoms with Crippen LogP contribution in [-0.2, 0) is 16.4 Å². The van der Waals surface area contributed by atoms with Crippen molar-refractivity contribution >= 4 is 20.7 Å². The highest BCUT2D eigenvalue weighted by molar-refractivity contribution is 7.90. The lowest BCUT2D eigenvalue weighted by Crippen LogP contribution is -2.11. The molecule has 21 heavy (non-hydrogen) atoms. The minimum Gasteiger partial charge on any atom is -0.360 e. The Labute approximate surface area is 122 Å². The molecular formula is C14H16FN3O2S. The van der Waals surface area contributed by atoms with Crippen LogP contribution in [0.2, 0.25) is 0 Å². The lowest BCUT2D eigenvalue weighted by atomic mass is 10.1. The lowest BCUT2D eigenvalue weighted by molar-refractivity contribution is 0.586. The van der Waals surface area contributed by atoms with E-state index >= 15 is 0 Å². The fourth-order valence-electron chi connectivity index (χ4n) is 2.22. The molecule has 7 heteroatoms. The van der Waals surface area contributed by atoms with Crippen LogP contribution in [0.15, 0.2) is 36.8 Å². The van der Waals surface area contributed by atoms with Crippen molar-refractivity contribution in [3.05, 3.63) is 42.6 Å². The van der Waals surface area contributed by atoms with Crippen LogP contribution in [0.4, 0.5) is 4.39 Å². The van der Waals surface area contributed by atoms with Gasteiger partial charge in [-0.25, -0.2) is 12.8 Å². The van der Waals surface area contributed by atoms with Gasteiger partial charge in [0.2, 0.25) is 0 Å². The molecule has 2 aromatic heterocycles. The molecule has 0 unspecified atom stereocenters. The average Bonchev–Trinajstić information content (AvgIpc) is 3.00. The van der Waals surface area contributed by atoms with Crippen LogP contribution in [0.5, 0.6) is 0 Å². The van der Waals surface area contributed by atoms with Crippen molar-refractivity contribution in [1.82, 2.24) is 14.8 Å². The predicted molar refractivity (Wildman–Crippen MR) is 81.3 cm³/mol. The minimum atomic E-state index is -3.01. The number of nitrogens with zero attached hydrogens (tertiary/aromatic N) is 2. The van der Waals surface area contributed by atoms with Gasteiger partial charge in [0.15, 0.2) is 0 Å². The third-order valence-electron chi connectivity index (χ3n) is 3.28. The number of aryl methyl sites for hydroxylation is 1. The SMILES string of the molecule is CS(=O)(=O)CCn1cc(-c2c[nH]c3cc(F)ccc23)cn1.[HH]. The largest absolute Gasteiger partial charge is 0.360 e. The topological polar surface area (TPSA) is 67.8 Å². The van der Waals surface area contributed by atoms with Gasteiger partial charge in [-0.1, -0.05) is 0 Å². The number of nitrogens with one attached hydrogen (secondary N) is 1. The maximum atomic E-state index is 13.2. The molecule has 0 aliphatic heterocycles.